The van der Waals surface area contributed by atoms with E-state index >= 15 is 0 Å². The monoisotopic (exact) mass is 239 g/mol. The number of esters is 1. The van der Waals surface area contributed by atoms with Gasteiger partial charge in [0.1, 0.15) is 0 Å². The van der Waals surface area contributed by atoms with Crippen molar-refractivity contribution >= 4 is 5.97 Å². The molecule has 0 aliphatic carbocycles. The molecular formula is C15H26O2. The Bertz CT molecular complexity index is 263. The van der Waals surface area contributed by atoms with Crippen LogP contribution in [-0.2, 0) is 9.53 Å². The maximum atomic E-state index is 10.7. The molecule has 0 aromatic carbocycles. The fourth-order valence-corrected chi connectivity index (χ4v) is 1.63. The van der Waals surface area contributed by atoms with Crippen LogP contribution in [0.3, 0.4) is 0 Å². The topological polar surface area (TPSA) is 26.3 Å². The van der Waals surface area contributed by atoms with Crippen molar-refractivity contribution in [1.82, 2.24) is 0 Å². The molecule has 0 aliphatic rings. The molecule has 98 valence electrons. The molecule has 0 N–H and O–H groups in total. The van der Waals surface area contributed by atoms with Crippen LogP contribution >= 0.6 is 0 Å². The zero-order valence-corrected chi connectivity index (χ0v) is 11.3. The molecular weight excluding hydrogens is 212 g/mol. The summed E-state index contributed by atoms with van der Waals surface area (Å²) in [5.41, 5.74) is 0. The summed E-state index contributed by atoms with van der Waals surface area (Å²) >= 11 is 0. The molecule has 0 bridgehead atoms. The summed E-state index contributed by atoms with van der Waals surface area (Å²) in [5.74, 6) is 4.80. The van der Waals surface area contributed by atoms with Gasteiger partial charge in [0.2, 0.25) is 0 Å². The lowest BCUT2D eigenvalue weighted by Gasteiger charge is -2.00. The first-order valence-corrected chi connectivity index (χ1v) is 6.66. The quantitative estimate of drug-likeness (QED) is 0.262. The highest BCUT2D eigenvalue weighted by Gasteiger charge is 1.92. The lowest BCUT2D eigenvalue weighted by Crippen LogP contribution is -1.94. The van der Waals surface area contributed by atoms with Crippen LogP contribution in [0.4, 0.5) is 0 Å². The summed E-state index contributed by atoms with van der Waals surface area (Å²) in [6, 6.07) is 0. The highest BCUT2D eigenvalue weighted by atomic mass is 16.5. The largest absolute Gasteiger partial charge is 0.459 e. The summed E-state index contributed by atoms with van der Waals surface area (Å²) in [4.78, 5) is 10.7. The number of carbonyl (C=O) groups excluding carboxylic acids is 1. The Hall–Kier alpha value is -0.970. The van der Waals surface area contributed by atoms with Crippen molar-refractivity contribution in [3.63, 3.8) is 0 Å². The molecule has 0 rings (SSSR count). The van der Waals surface area contributed by atoms with E-state index in [9.17, 15) is 4.79 Å². The van der Waals surface area contributed by atoms with Gasteiger partial charge in [0.25, 0.3) is 0 Å². The molecule has 2 nitrogen and oxygen atoms in total. The van der Waals surface area contributed by atoms with Crippen molar-refractivity contribution in [1.29, 1.82) is 0 Å². The molecule has 2 heteroatoms. The molecule has 0 saturated carbocycles. The molecule has 0 aromatic rings. The van der Waals surface area contributed by atoms with Crippen molar-refractivity contribution in [3.8, 4) is 11.8 Å². The van der Waals surface area contributed by atoms with Gasteiger partial charge < -0.3 is 4.74 Å². The van der Waals surface area contributed by atoms with Crippen molar-refractivity contribution < 1.29 is 10.9 Å². The average Bonchev–Trinajstić information content (AvgIpc) is 2.35. The Morgan fingerprint density at radius 3 is 2.12 bits per heavy atom. The highest BCUT2D eigenvalue weighted by molar-refractivity contribution is 5.88. The van der Waals surface area contributed by atoms with Crippen LogP contribution in [0.1, 0.15) is 72.5 Å². The van der Waals surface area contributed by atoms with E-state index in [1.54, 1.807) is 0 Å². The Balaban J connectivity index is 3.16. The predicted molar refractivity (Wildman–Crippen MR) is 71.6 cm³/mol. The van der Waals surface area contributed by atoms with Gasteiger partial charge in [-0.05, 0) is 6.42 Å². The number of hydrogen-bond donors (Lipinski definition) is 0. The van der Waals surface area contributed by atoms with Gasteiger partial charge in [0, 0.05) is 13.7 Å². The van der Waals surface area contributed by atoms with E-state index in [1.165, 1.54) is 45.6 Å². The molecule has 0 amide bonds. The van der Waals surface area contributed by atoms with E-state index in [2.05, 4.69) is 16.6 Å². The second-order valence-corrected chi connectivity index (χ2v) is 4.22. The lowest BCUT2D eigenvalue weighted by molar-refractivity contribution is -0.133. The molecule has 0 heterocycles. The van der Waals surface area contributed by atoms with E-state index < -0.39 is 5.97 Å². The van der Waals surface area contributed by atoms with Gasteiger partial charge in [-0.25, -0.2) is 4.79 Å². The third kappa shape index (κ3) is 13.0. The second kappa shape index (κ2) is 13.1. The van der Waals surface area contributed by atoms with E-state index in [0.717, 1.165) is 19.3 Å². The second-order valence-electron chi connectivity index (χ2n) is 4.22. The maximum absolute atomic E-state index is 10.7. The van der Waals surface area contributed by atoms with Crippen molar-refractivity contribution in [3.05, 3.63) is 0 Å². The van der Waals surface area contributed by atoms with Crippen LogP contribution in [0.15, 0.2) is 0 Å². The van der Waals surface area contributed by atoms with Crippen LogP contribution in [0, 0.1) is 11.8 Å². The zero-order valence-electron chi connectivity index (χ0n) is 12.3. The van der Waals surface area contributed by atoms with Gasteiger partial charge in [-0.3, -0.25) is 0 Å². The van der Waals surface area contributed by atoms with Gasteiger partial charge in [0.15, 0.2) is 0 Å². The van der Waals surface area contributed by atoms with E-state index in [1.807, 2.05) is 6.92 Å². The Kier molecular flexibility index (Phi) is 10.9. The van der Waals surface area contributed by atoms with E-state index in [-0.39, 0.29) is 6.40 Å². The molecule has 0 fully saturated rings. The van der Waals surface area contributed by atoms with Crippen molar-refractivity contribution in [2.75, 3.05) is 7.11 Å². The van der Waals surface area contributed by atoms with Gasteiger partial charge >= 0.3 is 5.97 Å². The molecule has 17 heavy (non-hydrogen) atoms. The standard InChI is InChI=1S/C15H26O2/c1-3-4-5-6-7-8-9-10-11-12-13-14-15(16)17-2/h3-12H2,1-2H3/i3D/t3-/m1/s1. The van der Waals surface area contributed by atoms with Crippen LogP contribution in [-0.4, -0.2) is 13.1 Å². The Morgan fingerprint density at radius 2 is 1.59 bits per heavy atom. The summed E-state index contributed by atoms with van der Waals surface area (Å²) in [6.07, 6.45) is 10.4. The SMILES string of the molecule is [2H][C@H](C)CCCCCCCCCC#CC(=O)OC. The molecule has 0 unspecified atom stereocenters. The third-order valence-corrected chi connectivity index (χ3v) is 2.67. The van der Waals surface area contributed by atoms with Crippen LogP contribution in [0.2, 0.25) is 0 Å². The summed E-state index contributed by atoms with van der Waals surface area (Å²) < 4.78 is 11.8. The van der Waals surface area contributed by atoms with Crippen LogP contribution in [0.5, 0.6) is 0 Å². The molecule has 0 spiro atoms. The predicted octanol–water partition coefficient (Wildman–Crippen LogP) is 4.08. The number of methoxy groups -OCH3 is 1. The summed E-state index contributed by atoms with van der Waals surface area (Å²) in [7, 11) is 1.35. The minimum absolute atomic E-state index is 0.0957. The zero-order chi connectivity index (χ0) is 13.6. The normalized spacial score (nSPS) is 12.2. The fourth-order valence-electron chi connectivity index (χ4n) is 1.63. The Labute approximate surface area is 108 Å². The maximum Gasteiger partial charge on any atom is 0.384 e. The van der Waals surface area contributed by atoms with Gasteiger partial charge in [-0.15, -0.1) is 0 Å². The first-order chi connectivity index (χ1) is 8.66. The minimum atomic E-state index is -0.446. The van der Waals surface area contributed by atoms with Crippen LogP contribution in [0.25, 0.3) is 0 Å². The lowest BCUT2D eigenvalue weighted by atomic mass is 10.1. The fraction of sp³-hybridized carbons (Fsp3) is 0.800. The minimum Gasteiger partial charge on any atom is -0.459 e. The average molecular weight is 239 g/mol. The number of rotatable bonds is 9. The van der Waals surface area contributed by atoms with Crippen molar-refractivity contribution in [2.24, 2.45) is 0 Å². The van der Waals surface area contributed by atoms with Gasteiger partial charge in [0.05, 0.1) is 7.11 Å². The van der Waals surface area contributed by atoms with Gasteiger partial charge in [-0.2, -0.15) is 0 Å². The van der Waals surface area contributed by atoms with E-state index in [0.29, 0.717) is 0 Å². The number of hydrogen-bond acceptors (Lipinski definition) is 2. The van der Waals surface area contributed by atoms with E-state index in [4.69, 9.17) is 1.37 Å². The summed E-state index contributed by atoms with van der Waals surface area (Å²) in [5, 5.41) is 0. The molecule has 0 radical (unpaired) electrons. The molecule has 0 aromatic heterocycles. The first-order valence-electron chi connectivity index (χ1n) is 7.23. The smallest absolute Gasteiger partial charge is 0.384 e. The molecule has 0 aliphatic heterocycles. The van der Waals surface area contributed by atoms with Crippen LogP contribution < -0.4 is 0 Å². The first kappa shape index (κ1) is 14.1. The Morgan fingerprint density at radius 1 is 1.06 bits per heavy atom. The van der Waals surface area contributed by atoms with Crippen molar-refractivity contribution in [2.45, 2.75) is 71.1 Å². The highest BCUT2D eigenvalue weighted by Crippen LogP contribution is 2.10. The number of carbonyl (C=O) groups is 1. The molecule has 0 saturated heterocycles. The van der Waals surface area contributed by atoms with Gasteiger partial charge in [-0.1, -0.05) is 64.2 Å². The number of ether oxygens (including phenoxy) is 1. The number of unbranched alkanes of at least 4 members (excludes halogenated alkanes) is 7. The third-order valence-electron chi connectivity index (χ3n) is 2.67. The summed E-state index contributed by atoms with van der Waals surface area (Å²) in [6.45, 7) is 1.95. The molecule has 1 atom stereocenters.